The number of nitrogens with one attached hydrogen (secondary N) is 1. The fourth-order valence-electron chi connectivity index (χ4n) is 3.65. The SMILES string of the molecule is Cc1nc2ccc(NC(=O)Cn3nc(-c4cccc(Cl)c4)c4ccccc4c3=O)cc2o1. The molecule has 0 aliphatic rings. The molecule has 5 rings (SSSR count). The Labute approximate surface area is 187 Å². The number of fused-ring (bicyclic) bond motifs is 2. The van der Waals surface area contributed by atoms with E-state index >= 15 is 0 Å². The third kappa shape index (κ3) is 3.74. The normalized spacial score (nSPS) is 11.2. The molecule has 0 aliphatic heterocycles. The number of anilines is 1. The summed E-state index contributed by atoms with van der Waals surface area (Å²) in [6.07, 6.45) is 0. The second kappa shape index (κ2) is 7.94. The minimum absolute atomic E-state index is 0.245. The van der Waals surface area contributed by atoms with Gasteiger partial charge in [-0.05, 0) is 30.3 Å². The van der Waals surface area contributed by atoms with Gasteiger partial charge in [-0.2, -0.15) is 5.10 Å². The molecule has 0 unspecified atom stereocenters. The Kier molecular flexibility index (Phi) is 4.95. The average Bonchev–Trinajstić information content (AvgIpc) is 3.15. The molecule has 5 aromatic rings. The number of hydrogen-bond acceptors (Lipinski definition) is 5. The second-order valence-electron chi connectivity index (χ2n) is 7.33. The van der Waals surface area contributed by atoms with Gasteiger partial charge in [0.1, 0.15) is 12.1 Å². The molecule has 0 spiro atoms. The molecular formula is C24H17ClN4O3. The van der Waals surface area contributed by atoms with Gasteiger partial charge in [0.15, 0.2) is 11.5 Å². The van der Waals surface area contributed by atoms with Crippen LogP contribution in [0.3, 0.4) is 0 Å². The molecule has 1 N–H and O–H groups in total. The van der Waals surface area contributed by atoms with Crippen molar-refractivity contribution in [3.8, 4) is 11.3 Å². The third-order valence-corrected chi connectivity index (χ3v) is 5.27. The van der Waals surface area contributed by atoms with E-state index in [9.17, 15) is 9.59 Å². The van der Waals surface area contributed by atoms with Crippen LogP contribution < -0.4 is 10.9 Å². The van der Waals surface area contributed by atoms with E-state index in [0.717, 1.165) is 5.56 Å². The van der Waals surface area contributed by atoms with Crippen molar-refractivity contribution < 1.29 is 9.21 Å². The third-order valence-electron chi connectivity index (χ3n) is 5.04. The number of oxazole rings is 1. The summed E-state index contributed by atoms with van der Waals surface area (Å²) in [6.45, 7) is 1.51. The van der Waals surface area contributed by atoms with Crippen LogP contribution >= 0.6 is 11.6 Å². The lowest BCUT2D eigenvalue weighted by Crippen LogP contribution is -2.30. The van der Waals surface area contributed by atoms with Gasteiger partial charge >= 0.3 is 0 Å². The van der Waals surface area contributed by atoms with Crippen molar-refractivity contribution in [3.63, 3.8) is 0 Å². The monoisotopic (exact) mass is 444 g/mol. The van der Waals surface area contributed by atoms with Crippen LogP contribution in [0.15, 0.2) is 75.9 Å². The predicted molar refractivity (Wildman–Crippen MR) is 124 cm³/mol. The van der Waals surface area contributed by atoms with Crippen LogP contribution in [0.1, 0.15) is 5.89 Å². The lowest BCUT2D eigenvalue weighted by atomic mass is 10.1. The molecule has 0 aliphatic carbocycles. The summed E-state index contributed by atoms with van der Waals surface area (Å²) >= 11 is 6.16. The fraction of sp³-hybridized carbons (Fsp3) is 0.0833. The molecule has 2 heterocycles. The maximum atomic E-state index is 13.0. The van der Waals surface area contributed by atoms with E-state index in [1.165, 1.54) is 4.68 Å². The molecule has 32 heavy (non-hydrogen) atoms. The minimum Gasteiger partial charge on any atom is -0.441 e. The van der Waals surface area contributed by atoms with E-state index in [2.05, 4.69) is 15.4 Å². The van der Waals surface area contributed by atoms with Crippen molar-refractivity contribution in [1.29, 1.82) is 0 Å². The van der Waals surface area contributed by atoms with Crippen LogP contribution in [-0.4, -0.2) is 20.7 Å². The second-order valence-corrected chi connectivity index (χ2v) is 7.77. The summed E-state index contributed by atoms with van der Waals surface area (Å²) in [5.41, 5.74) is 2.82. The number of carbonyl (C=O) groups is 1. The zero-order valence-corrected chi connectivity index (χ0v) is 17.8. The highest BCUT2D eigenvalue weighted by molar-refractivity contribution is 6.30. The molecule has 7 nitrogen and oxygen atoms in total. The van der Waals surface area contributed by atoms with E-state index in [1.807, 2.05) is 24.3 Å². The summed E-state index contributed by atoms with van der Waals surface area (Å²) in [5.74, 6) is 0.159. The molecule has 3 aromatic carbocycles. The van der Waals surface area contributed by atoms with Crippen molar-refractivity contribution in [1.82, 2.24) is 14.8 Å². The predicted octanol–water partition coefficient (Wildman–Crippen LogP) is 4.81. The first-order valence-corrected chi connectivity index (χ1v) is 10.3. The van der Waals surface area contributed by atoms with Gasteiger partial charge in [0.25, 0.3) is 5.56 Å². The summed E-state index contributed by atoms with van der Waals surface area (Å²) in [5, 5.41) is 9.02. The number of carbonyl (C=O) groups excluding carboxylic acids is 1. The summed E-state index contributed by atoms with van der Waals surface area (Å²) < 4.78 is 6.68. The number of hydrogen-bond donors (Lipinski definition) is 1. The van der Waals surface area contributed by atoms with Crippen molar-refractivity contribution >= 4 is 45.1 Å². The molecule has 2 aromatic heterocycles. The lowest BCUT2D eigenvalue weighted by molar-refractivity contribution is -0.117. The molecule has 1 amide bonds. The highest BCUT2D eigenvalue weighted by Gasteiger charge is 2.15. The van der Waals surface area contributed by atoms with Gasteiger partial charge in [-0.15, -0.1) is 0 Å². The Morgan fingerprint density at radius 2 is 1.88 bits per heavy atom. The molecule has 0 bridgehead atoms. The first-order valence-electron chi connectivity index (χ1n) is 9.91. The molecule has 0 fully saturated rings. The smallest absolute Gasteiger partial charge is 0.275 e. The standard InChI is InChI=1S/C24H17ClN4O3/c1-14-26-20-10-9-17(12-21(20)32-14)27-22(30)13-29-24(31)19-8-3-2-7-18(19)23(28-29)15-5-4-6-16(25)11-15/h2-12H,13H2,1H3,(H,27,30). The lowest BCUT2D eigenvalue weighted by Gasteiger charge is -2.12. The minimum atomic E-state index is -0.387. The van der Waals surface area contributed by atoms with Gasteiger partial charge in [-0.1, -0.05) is 41.9 Å². The van der Waals surface area contributed by atoms with Gasteiger partial charge in [0.2, 0.25) is 5.91 Å². The van der Waals surface area contributed by atoms with Crippen molar-refractivity contribution in [2.75, 3.05) is 5.32 Å². The van der Waals surface area contributed by atoms with E-state index in [1.54, 1.807) is 49.4 Å². The Balaban J connectivity index is 1.51. The van der Waals surface area contributed by atoms with Gasteiger partial charge in [0, 0.05) is 34.6 Å². The maximum absolute atomic E-state index is 13.0. The van der Waals surface area contributed by atoms with Crippen LogP contribution in [0.4, 0.5) is 5.69 Å². The van der Waals surface area contributed by atoms with Crippen LogP contribution in [0.5, 0.6) is 0 Å². The largest absolute Gasteiger partial charge is 0.441 e. The molecule has 0 atom stereocenters. The summed E-state index contributed by atoms with van der Waals surface area (Å²) in [7, 11) is 0. The molecule has 8 heteroatoms. The number of aromatic nitrogens is 3. The average molecular weight is 445 g/mol. The number of halogens is 1. The molecule has 0 saturated carbocycles. The topological polar surface area (TPSA) is 90.0 Å². The van der Waals surface area contributed by atoms with Crippen LogP contribution in [0.25, 0.3) is 33.1 Å². The molecule has 0 saturated heterocycles. The fourth-order valence-corrected chi connectivity index (χ4v) is 3.84. The zero-order valence-electron chi connectivity index (χ0n) is 17.0. The Morgan fingerprint density at radius 3 is 2.69 bits per heavy atom. The Bertz CT molecular complexity index is 1550. The van der Waals surface area contributed by atoms with Gasteiger partial charge in [-0.25, -0.2) is 9.67 Å². The van der Waals surface area contributed by atoms with E-state index in [4.69, 9.17) is 16.0 Å². The van der Waals surface area contributed by atoms with Gasteiger partial charge in [0.05, 0.1) is 11.1 Å². The summed E-state index contributed by atoms with van der Waals surface area (Å²) in [6, 6.07) is 19.6. The number of nitrogens with zero attached hydrogens (tertiary/aromatic N) is 3. The highest BCUT2D eigenvalue weighted by atomic mass is 35.5. The first kappa shape index (κ1) is 20.0. The zero-order chi connectivity index (χ0) is 22.2. The van der Waals surface area contributed by atoms with Gasteiger partial charge in [-0.3, -0.25) is 9.59 Å². The quantitative estimate of drug-likeness (QED) is 0.429. The maximum Gasteiger partial charge on any atom is 0.275 e. The number of aryl methyl sites for hydroxylation is 1. The number of amides is 1. The number of benzene rings is 3. The van der Waals surface area contributed by atoms with Crippen LogP contribution in [-0.2, 0) is 11.3 Å². The highest BCUT2D eigenvalue weighted by Crippen LogP contribution is 2.26. The van der Waals surface area contributed by atoms with Crippen molar-refractivity contribution in [2.24, 2.45) is 0 Å². The van der Waals surface area contributed by atoms with Crippen molar-refractivity contribution in [2.45, 2.75) is 13.5 Å². The Morgan fingerprint density at radius 1 is 1.06 bits per heavy atom. The van der Waals surface area contributed by atoms with Crippen LogP contribution in [0.2, 0.25) is 5.02 Å². The molecule has 158 valence electrons. The van der Waals surface area contributed by atoms with Gasteiger partial charge < -0.3 is 9.73 Å². The van der Waals surface area contributed by atoms with Crippen LogP contribution in [0, 0.1) is 6.92 Å². The first-order chi connectivity index (χ1) is 15.5. The Hall–Kier alpha value is -3.97. The van der Waals surface area contributed by atoms with E-state index in [-0.39, 0.29) is 18.0 Å². The van der Waals surface area contributed by atoms with Crippen molar-refractivity contribution in [3.05, 3.63) is 88.0 Å². The molecular weight excluding hydrogens is 428 g/mol. The number of rotatable bonds is 4. The van der Waals surface area contributed by atoms with E-state index in [0.29, 0.717) is 44.2 Å². The summed E-state index contributed by atoms with van der Waals surface area (Å²) in [4.78, 5) is 30.0. The molecule has 0 radical (unpaired) electrons. The van der Waals surface area contributed by atoms with E-state index < -0.39 is 0 Å².